The largest absolute Gasteiger partial charge is 0.289 e. The van der Waals surface area contributed by atoms with Crippen LogP contribution < -0.4 is 4.90 Å². The summed E-state index contributed by atoms with van der Waals surface area (Å²) < 4.78 is 0.598. The summed E-state index contributed by atoms with van der Waals surface area (Å²) in [6.45, 7) is 0. The fraction of sp³-hybridized carbons (Fsp3) is 0. The zero-order chi connectivity index (χ0) is 15.4. The van der Waals surface area contributed by atoms with Crippen LogP contribution in [-0.2, 0) is 9.59 Å². The Kier molecular flexibility index (Phi) is 2.68. The number of fused-ring (bicyclic) bond motifs is 3. The first-order chi connectivity index (χ1) is 10.6. The topological polar surface area (TPSA) is 54.5 Å². The van der Waals surface area contributed by atoms with E-state index in [2.05, 4.69) is 15.9 Å². The third-order valence-corrected chi connectivity index (χ3v) is 4.48. The standard InChI is InChI=1S/C17H8BrNO3/c18-13-7-11-9-3-1-2-4-10(9)17(22)12(11)8-14(13)19-15(20)5-6-16(19)21/h1-8H. The molecule has 5 heteroatoms. The van der Waals surface area contributed by atoms with Crippen molar-refractivity contribution >= 4 is 39.2 Å². The van der Waals surface area contributed by atoms with Crippen molar-refractivity contribution in [3.05, 3.63) is 64.1 Å². The molecule has 1 aliphatic carbocycles. The van der Waals surface area contributed by atoms with Gasteiger partial charge in [-0.15, -0.1) is 0 Å². The van der Waals surface area contributed by atoms with Crippen LogP contribution in [0.25, 0.3) is 11.1 Å². The molecule has 0 N–H and O–H groups in total. The Morgan fingerprint density at radius 1 is 0.773 bits per heavy atom. The van der Waals surface area contributed by atoms with E-state index in [1.807, 2.05) is 18.2 Å². The zero-order valence-corrected chi connectivity index (χ0v) is 12.8. The fourth-order valence-corrected chi connectivity index (χ4v) is 3.36. The Labute approximate surface area is 134 Å². The van der Waals surface area contributed by atoms with Crippen molar-refractivity contribution in [1.29, 1.82) is 0 Å². The number of amides is 2. The van der Waals surface area contributed by atoms with Crippen LogP contribution in [0.2, 0.25) is 0 Å². The minimum absolute atomic E-state index is 0.0913. The van der Waals surface area contributed by atoms with Gasteiger partial charge in [-0.3, -0.25) is 14.4 Å². The smallest absolute Gasteiger partial charge is 0.258 e. The van der Waals surface area contributed by atoms with Gasteiger partial charge >= 0.3 is 0 Å². The van der Waals surface area contributed by atoms with Crippen LogP contribution in [0.5, 0.6) is 0 Å². The number of imide groups is 1. The molecule has 22 heavy (non-hydrogen) atoms. The molecule has 2 amide bonds. The lowest BCUT2D eigenvalue weighted by molar-refractivity contribution is -0.120. The Morgan fingerprint density at radius 3 is 2.09 bits per heavy atom. The molecule has 106 valence electrons. The Bertz CT molecular complexity index is 896. The lowest BCUT2D eigenvalue weighted by atomic mass is 10.1. The first-order valence-electron chi connectivity index (χ1n) is 6.61. The molecule has 0 saturated heterocycles. The number of ketones is 1. The third kappa shape index (κ3) is 1.66. The molecule has 1 aliphatic heterocycles. The highest BCUT2D eigenvalue weighted by molar-refractivity contribution is 9.10. The monoisotopic (exact) mass is 353 g/mol. The van der Waals surface area contributed by atoms with E-state index in [1.165, 1.54) is 12.2 Å². The lowest BCUT2D eigenvalue weighted by Crippen LogP contribution is -2.30. The minimum atomic E-state index is -0.409. The number of anilines is 1. The predicted molar refractivity (Wildman–Crippen MR) is 84.6 cm³/mol. The summed E-state index contributed by atoms with van der Waals surface area (Å²) >= 11 is 3.40. The first kappa shape index (κ1) is 13.2. The van der Waals surface area contributed by atoms with E-state index < -0.39 is 11.8 Å². The Hall–Kier alpha value is -2.53. The van der Waals surface area contributed by atoms with Gasteiger partial charge in [0.15, 0.2) is 5.78 Å². The van der Waals surface area contributed by atoms with E-state index in [9.17, 15) is 14.4 Å². The summed E-state index contributed by atoms with van der Waals surface area (Å²) in [5.74, 6) is -0.909. The second-order valence-corrected chi connectivity index (χ2v) is 5.92. The molecular formula is C17H8BrNO3. The van der Waals surface area contributed by atoms with Crippen LogP contribution >= 0.6 is 15.9 Å². The van der Waals surface area contributed by atoms with Crippen molar-refractivity contribution in [2.24, 2.45) is 0 Å². The highest BCUT2D eigenvalue weighted by atomic mass is 79.9. The van der Waals surface area contributed by atoms with Crippen LogP contribution in [0.4, 0.5) is 5.69 Å². The normalized spacial score (nSPS) is 15.5. The number of benzene rings is 2. The molecule has 0 saturated carbocycles. The van der Waals surface area contributed by atoms with E-state index >= 15 is 0 Å². The van der Waals surface area contributed by atoms with Gasteiger partial charge in [-0.05, 0) is 39.2 Å². The van der Waals surface area contributed by atoms with Crippen LogP contribution in [0.3, 0.4) is 0 Å². The summed E-state index contributed by atoms with van der Waals surface area (Å²) in [6.07, 6.45) is 2.44. The molecule has 0 atom stereocenters. The van der Waals surface area contributed by atoms with Gasteiger partial charge in [-0.2, -0.15) is 0 Å². The number of halogens is 1. The number of rotatable bonds is 1. The molecule has 0 bridgehead atoms. The van der Waals surface area contributed by atoms with Gasteiger partial charge < -0.3 is 0 Å². The van der Waals surface area contributed by atoms with Gasteiger partial charge in [0.25, 0.3) is 11.8 Å². The summed E-state index contributed by atoms with van der Waals surface area (Å²) in [4.78, 5) is 37.3. The SMILES string of the molecule is O=C1c2ccccc2-c2cc(Br)c(N3C(=O)C=CC3=O)cc21. The maximum Gasteiger partial charge on any atom is 0.258 e. The molecule has 2 aliphatic rings. The average Bonchev–Trinajstić information content (AvgIpc) is 2.98. The first-order valence-corrected chi connectivity index (χ1v) is 7.41. The van der Waals surface area contributed by atoms with Gasteiger partial charge in [0.1, 0.15) is 0 Å². The van der Waals surface area contributed by atoms with E-state index in [1.54, 1.807) is 18.2 Å². The maximum absolute atomic E-state index is 12.5. The van der Waals surface area contributed by atoms with E-state index in [4.69, 9.17) is 0 Å². The second-order valence-electron chi connectivity index (χ2n) is 5.07. The van der Waals surface area contributed by atoms with Crippen molar-refractivity contribution in [2.45, 2.75) is 0 Å². The molecule has 0 fully saturated rings. The predicted octanol–water partition coefficient (Wildman–Crippen LogP) is 3.09. The van der Waals surface area contributed by atoms with Crippen molar-refractivity contribution in [1.82, 2.24) is 0 Å². The highest BCUT2D eigenvalue weighted by Crippen LogP contribution is 2.42. The number of hydrogen-bond acceptors (Lipinski definition) is 3. The third-order valence-electron chi connectivity index (χ3n) is 3.84. The van der Waals surface area contributed by atoms with Crippen molar-refractivity contribution in [3.8, 4) is 11.1 Å². The molecule has 1 heterocycles. The van der Waals surface area contributed by atoms with Crippen molar-refractivity contribution in [2.75, 3.05) is 4.90 Å². The zero-order valence-electron chi connectivity index (χ0n) is 11.2. The van der Waals surface area contributed by atoms with Gasteiger partial charge in [-0.25, -0.2) is 4.90 Å². The fourth-order valence-electron chi connectivity index (χ4n) is 2.84. The molecule has 0 aromatic heterocycles. The highest BCUT2D eigenvalue weighted by Gasteiger charge is 2.32. The van der Waals surface area contributed by atoms with Crippen LogP contribution in [0.1, 0.15) is 15.9 Å². The van der Waals surface area contributed by atoms with Crippen LogP contribution in [0.15, 0.2) is 53.0 Å². The number of carbonyl (C=O) groups excluding carboxylic acids is 3. The lowest BCUT2D eigenvalue weighted by Gasteiger charge is -2.17. The number of carbonyl (C=O) groups is 3. The molecule has 4 rings (SSSR count). The molecule has 2 aromatic rings. The van der Waals surface area contributed by atoms with Crippen molar-refractivity contribution < 1.29 is 14.4 Å². The van der Waals surface area contributed by atoms with E-state index in [-0.39, 0.29) is 5.78 Å². The van der Waals surface area contributed by atoms with Crippen molar-refractivity contribution in [3.63, 3.8) is 0 Å². The van der Waals surface area contributed by atoms with Gasteiger partial charge in [0.05, 0.1) is 5.69 Å². The van der Waals surface area contributed by atoms with Crippen LogP contribution in [0, 0.1) is 0 Å². The summed E-state index contributed by atoms with van der Waals surface area (Å²) in [7, 11) is 0. The molecule has 0 unspecified atom stereocenters. The molecule has 4 nitrogen and oxygen atoms in total. The summed E-state index contributed by atoms with van der Waals surface area (Å²) in [6, 6.07) is 10.7. The summed E-state index contributed by atoms with van der Waals surface area (Å²) in [5.41, 5.74) is 3.21. The molecule has 2 aromatic carbocycles. The quantitative estimate of drug-likeness (QED) is 0.631. The maximum atomic E-state index is 12.5. The number of nitrogens with zero attached hydrogens (tertiary/aromatic N) is 1. The van der Waals surface area contributed by atoms with Gasteiger partial charge in [0.2, 0.25) is 0 Å². The molecular weight excluding hydrogens is 346 g/mol. The van der Waals surface area contributed by atoms with Gasteiger partial charge in [0, 0.05) is 27.8 Å². The van der Waals surface area contributed by atoms with Gasteiger partial charge in [-0.1, -0.05) is 24.3 Å². The molecule has 0 spiro atoms. The molecule has 0 radical (unpaired) electrons. The van der Waals surface area contributed by atoms with E-state index in [0.717, 1.165) is 16.0 Å². The summed E-state index contributed by atoms with van der Waals surface area (Å²) in [5, 5.41) is 0. The average molecular weight is 354 g/mol. The van der Waals surface area contributed by atoms with Crippen LogP contribution in [-0.4, -0.2) is 17.6 Å². The number of hydrogen-bond donors (Lipinski definition) is 0. The Balaban J connectivity index is 1.92. The Morgan fingerprint density at radius 2 is 1.41 bits per heavy atom. The second kappa shape index (κ2) is 4.48. The minimum Gasteiger partial charge on any atom is -0.289 e. The van der Waals surface area contributed by atoms with E-state index in [0.29, 0.717) is 21.3 Å².